The molecule has 9 heteroatoms. The summed E-state index contributed by atoms with van der Waals surface area (Å²) in [5, 5.41) is 0.402. The van der Waals surface area contributed by atoms with Crippen LogP contribution in [0.15, 0.2) is 50.7 Å². The van der Waals surface area contributed by atoms with Crippen LogP contribution in [0.2, 0.25) is 5.02 Å². The van der Waals surface area contributed by atoms with E-state index in [0.29, 0.717) is 33.8 Å². The first-order valence-corrected chi connectivity index (χ1v) is 12.6. The lowest BCUT2D eigenvalue weighted by Gasteiger charge is -2.27. The number of amides is 1. The van der Waals surface area contributed by atoms with Gasteiger partial charge in [0, 0.05) is 22.5 Å². The summed E-state index contributed by atoms with van der Waals surface area (Å²) in [6.45, 7) is 1.42. The monoisotopic (exact) mass is 502 g/mol. The van der Waals surface area contributed by atoms with Gasteiger partial charge in [0.15, 0.2) is 0 Å². The lowest BCUT2D eigenvalue weighted by molar-refractivity contribution is 0.0720. The molecule has 0 unspecified atom stereocenters. The second-order valence-corrected chi connectivity index (χ2v) is 10.2. The summed E-state index contributed by atoms with van der Waals surface area (Å²) in [6, 6.07) is 9.48. The Labute approximate surface area is 183 Å². The van der Waals surface area contributed by atoms with Crippen LogP contribution in [0.4, 0.5) is 5.69 Å². The van der Waals surface area contributed by atoms with E-state index in [9.17, 15) is 13.2 Å². The minimum Gasteiger partial charge on any atom is -0.339 e. The van der Waals surface area contributed by atoms with Gasteiger partial charge in [-0.2, -0.15) is 0 Å². The molecule has 0 aliphatic carbocycles. The van der Waals surface area contributed by atoms with Gasteiger partial charge in [-0.3, -0.25) is 9.52 Å². The first kappa shape index (κ1) is 21.5. The van der Waals surface area contributed by atoms with Crippen molar-refractivity contribution in [1.82, 2.24) is 4.90 Å². The molecule has 1 aliphatic heterocycles. The maximum Gasteiger partial charge on any atom is 0.261 e. The van der Waals surface area contributed by atoms with Crippen LogP contribution >= 0.6 is 39.3 Å². The van der Waals surface area contributed by atoms with Crippen molar-refractivity contribution in [3.05, 3.63) is 51.5 Å². The summed E-state index contributed by atoms with van der Waals surface area (Å²) in [5.41, 5.74) is 0.775. The Morgan fingerprint density at radius 2 is 1.86 bits per heavy atom. The zero-order valence-corrected chi connectivity index (χ0v) is 19.2. The van der Waals surface area contributed by atoms with Crippen molar-refractivity contribution in [3.63, 3.8) is 0 Å². The molecule has 1 aliphatic rings. The number of nitrogens with one attached hydrogen (secondary N) is 1. The molecule has 0 spiro atoms. The Balaban J connectivity index is 1.92. The minimum atomic E-state index is -3.86. The van der Waals surface area contributed by atoms with Crippen LogP contribution in [0.1, 0.15) is 29.6 Å². The molecule has 2 aromatic carbocycles. The molecule has 5 nitrogen and oxygen atoms in total. The highest BCUT2D eigenvalue weighted by atomic mass is 79.9. The molecule has 0 saturated carbocycles. The zero-order valence-electron chi connectivity index (χ0n) is 15.2. The van der Waals surface area contributed by atoms with Gasteiger partial charge in [0.1, 0.15) is 0 Å². The Morgan fingerprint density at radius 1 is 1.14 bits per heavy atom. The van der Waals surface area contributed by atoms with Crippen molar-refractivity contribution in [3.8, 4) is 0 Å². The SMILES string of the molecule is CSc1ccc(S(=O)(=O)Nc2ccc(Br)c(Cl)c2)cc1C(=O)N1CCCCC1. The largest absolute Gasteiger partial charge is 0.339 e. The number of likely N-dealkylation sites (tertiary alicyclic amines) is 1. The van der Waals surface area contributed by atoms with E-state index in [0.717, 1.165) is 24.2 Å². The lowest BCUT2D eigenvalue weighted by Crippen LogP contribution is -2.36. The molecule has 1 saturated heterocycles. The van der Waals surface area contributed by atoms with Crippen LogP contribution in [0.3, 0.4) is 0 Å². The Hall–Kier alpha value is -1.22. The van der Waals surface area contributed by atoms with Gasteiger partial charge >= 0.3 is 0 Å². The number of carbonyl (C=O) groups excluding carboxylic acids is 1. The number of piperidine rings is 1. The number of thioether (sulfide) groups is 1. The van der Waals surface area contributed by atoms with E-state index < -0.39 is 10.0 Å². The predicted octanol–water partition coefficient (Wildman–Crippen LogP) is 5.25. The summed E-state index contributed by atoms with van der Waals surface area (Å²) in [4.78, 5) is 15.6. The summed E-state index contributed by atoms with van der Waals surface area (Å²) < 4.78 is 28.9. The molecular weight excluding hydrogens is 484 g/mol. The van der Waals surface area contributed by atoms with E-state index in [2.05, 4.69) is 20.7 Å². The molecule has 1 fully saturated rings. The van der Waals surface area contributed by atoms with Gasteiger partial charge in [0.25, 0.3) is 15.9 Å². The average Bonchev–Trinajstić information content (AvgIpc) is 2.70. The normalized spacial score (nSPS) is 14.8. The van der Waals surface area contributed by atoms with Gasteiger partial charge in [0.05, 0.1) is 21.2 Å². The average molecular weight is 504 g/mol. The maximum atomic E-state index is 13.0. The van der Waals surface area contributed by atoms with Gasteiger partial charge in [-0.05, 0) is 77.8 Å². The van der Waals surface area contributed by atoms with E-state index in [4.69, 9.17) is 11.6 Å². The molecule has 1 amide bonds. The first-order chi connectivity index (χ1) is 13.3. The first-order valence-electron chi connectivity index (χ1n) is 8.77. The van der Waals surface area contributed by atoms with Gasteiger partial charge in [-0.15, -0.1) is 11.8 Å². The third-order valence-electron chi connectivity index (χ3n) is 4.53. The van der Waals surface area contributed by atoms with Crippen molar-refractivity contribution in [2.45, 2.75) is 29.1 Å². The maximum absolute atomic E-state index is 13.0. The number of carbonyl (C=O) groups is 1. The number of benzene rings is 2. The van der Waals surface area contributed by atoms with E-state index in [-0.39, 0.29) is 10.8 Å². The zero-order chi connectivity index (χ0) is 20.3. The van der Waals surface area contributed by atoms with E-state index in [1.165, 1.54) is 30.0 Å². The Bertz CT molecular complexity index is 993. The molecule has 150 valence electrons. The quantitative estimate of drug-likeness (QED) is 0.566. The Morgan fingerprint density at radius 3 is 2.50 bits per heavy atom. The highest BCUT2D eigenvalue weighted by Gasteiger charge is 2.24. The number of rotatable bonds is 5. The highest BCUT2D eigenvalue weighted by molar-refractivity contribution is 9.10. The Kier molecular flexibility index (Phi) is 6.96. The second kappa shape index (κ2) is 9.07. The fourth-order valence-corrected chi connectivity index (χ4v) is 5.14. The van der Waals surface area contributed by atoms with Crippen molar-refractivity contribution < 1.29 is 13.2 Å². The summed E-state index contributed by atoms with van der Waals surface area (Å²) in [7, 11) is -3.86. The minimum absolute atomic E-state index is 0.0460. The summed E-state index contributed by atoms with van der Waals surface area (Å²) in [5.74, 6) is -0.118. The molecule has 1 heterocycles. The van der Waals surface area contributed by atoms with E-state index in [1.54, 1.807) is 23.1 Å². The van der Waals surface area contributed by atoms with Crippen molar-refractivity contribution in [2.75, 3.05) is 24.1 Å². The van der Waals surface area contributed by atoms with Gasteiger partial charge in [0.2, 0.25) is 0 Å². The van der Waals surface area contributed by atoms with Crippen LogP contribution < -0.4 is 4.72 Å². The van der Waals surface area contributed by atoms with Crippen LogP contribution in [0, 0.1) is 0 Å². The van der Waals surface area contributed by atoms with Crippen LogP contribution in [-0.2, 0) is 10.0 Å². The van der Waals surface area contributed by atoms with Crippen LogP contribution in [0.5, 0.6) is 0 Å². The molecule has 0 bridgehead atoms. The molecule has 1 N–H and O–H groups in total. The fourth-order valence-electron chi connectivity index (χ4n) is 3.06. The molecular formula is C19H20BrClN2O3S2. The number of hydrogen-bond donors (Lipinski definition) is 1. The molecule has 3 rings (SSSR count). The summed E-state index contributed by atoms with van der Waals surface area (Å²) in [6.07, 6.45) is 4.94. The van der Waals surface area contributed by atoms with Gasteiger partial charge in [-0.1, -0.05) is 11.6 Å². The molecule has 2 aromatic rings. The number of nitrogens with zero attached hydrogens (tertiary/aromatic N) is 1. The predicted molar refractivity (Wildman–Crippen MR) is 118 cm³/mol. The third kappa shape index (κ3) is 4.84. The van der Waals surface area contributed by atoms with Crippen molar-refractivity contribution in [1.29, 1.82) is 0 Å². The fraction of sp³-hybridized carbons (Fsp3) is 0.316. The van der Waals surface area contributed by atoms with Gasteiger partial charge < -0.3 is 4.90 Å². The molecule has 0 atom stereocenters. The highest BCUT2D eigenvalue weighted by Crippen LogP contribution is 2.29. The van der Waals surface area contributed by atoms with Gasteiger partial charge in [-0.25, -0.2) is 8.42 Å². The van der Waals surface area contributed by atoms with Crippen LogP contribution in [-0.4, -0.2) is 38.6 Å². The number of sulfonamides is 1. The lowest BCUT2D eigenvalue weighted by atomic mass is 10.1. The molecule has 0 radical (unpaired) electrons. The van der Waals surface area contributed by atoms with Crippen molar-refractivity contribution in [2.24, 2.45) is 0 Å². The van der Waals surface area contributed by atoms with Crippen LogP contribution in [0.25, 0.3) is 0 Å². The van der Waals surface area contributed by atoms with E-state index in [1.807, 2.05) is 6.26 Å². The van der Waals surface area contributed by atoms with Crippen molar-refractivity contribution >= 4 is 60.9 Å². The second-order valence-electron chi connectivity index (χ2n) is 6.45. The number of hydrogen-bond acceptors (Lipinski definition) is 4. The summed E-state index contributed by atoms with van der Waals surface area (Å²) >= 11 is 10.8. The molecule has 28 heavy (non-hydrogen) atoms. The topological polar surface area (TPSA) is 66.5 Å². The standard InChI is InChI=1S/C19H20BrClN2O3S2/c1-27-18-8-6-14(12-15(18)19(24)23-9-3-2-4-10-23)28(25,26)22-13-5-7-16(20)17(21)11-13/h5-8,11-12,22H,2-4,9-10H2,1H3. The number of halogens is 2. The smallest absolute Gasteiger partial charge is 0.261 e. The third-order valence-corrected chi connectivity index (χ3v) is 7.93. The molecule has 0 aromatic heterocycles. The number of anilines is 1. The van der Waals surface area contributed by atoms with E-state index >= 15 is 0 Å².